The van der Waals surface area contributed by atoms with Gasteiger partial charge in [-0.25, -0.2) is 8.78 Å². The fraction of sp³-hybridized carbons (Fsp3) is 0.688. The van der Waals surface area contributed by atoms with Crippen molar-refractivity contribution in [3.05, 3.63) is 30.1 Å². The number of halogens is 2. The summed E-state index contributed by atoms with van der Waals surface area (Å²) in [7, 11) is 0. The summed E-state index contributed by atoms with van der Waals surface area (Å²) >= 11 is 0. The van der Waals surface area contributed by atoms with Crippen LogP contribution in [0, 0.1) is 0 Å². The second kappa shape index (κ2) is 9.82. The van der Waals surface area contributed by atoms with E-state index in [-0.39, 0.29) is 0 Å². The zero-order valence-electron chi connectivity index (χ0n) is 12.9. The van der Waals surface area contributed by atoms with Crippen molar-refractivity contribution < 1.29 is 13.5 Å². The van der Waals surface area contributed by atoms with E-state index in [9.17, 15) is 8.78 Å². The molecule has 1 atom stereocenters. The molecule has 0 bridgehead atoms. The van der Waals surface area contributed by atoms with Gasteiger partial charge in [0.1, 0.15) is 6.61 Å². The number of nitrogens with zero attached hydrogens (tertiary/aromatic N) is 2. The Morgan fingerprint density at radius 2 is 2.23 bits per heavy atom. The number of aromatic nitrogens is 1. The van der Waals surface area contributed by atoms with Gasteiger partial charge in [0.25, 0.3) is 6.43 Å². The molecule has 0 spiro atoms. The van der Waals surface area contributed by atoms with E-state index in [1.807, 2.05) is 18.2 Å². The average molecular weight is 313 g/mol. The molecule has 1 aliphatic heterocycles. The van der Waals surface area contributed by atoms with Gasteiger partial charge in [-0.1, -0.05) is 6.07 Å². The summed E-state index contributed by atoms with van der Waals surface area (Å²) in [6, 6.07) is 6.33. The fourth-order valence-corrected chi connectivity index (χ4v) is 2.81. The molecule has 1 aromatic heterocycles. The number of pyridine rings is 1. The monoisotopic (exact) mass is 313 g/mol. The number of rotatable bonds is 8. The largest absolute Gasteiger partial charge is 0.374 e. The molecule has 1 N–H and O–H groups in total. The van der Waals surface area contributed by atoms with Gasteiger partial charge in [0.2, 0.25) is 0 Å². The molecule has 2 rings (SSSR count). The minimum absolute atomic E-state index is 0.334. The molecule has 6 heteroatoms. The maximum absolute atomic E-state index is 12.2. The van der Waals surface area contributed by atoms with Crippen LogP contribution in [0.15, 0.2) is 24.4 Å². The zero-order valence-corrected chi connectivity index (χ0v) is 12.9. The molecule has 0 radical (unpaired) electrons. The average Bonchev–Trinajstić information content (AvgIpc) is 2.80. The first-order chi connectivity index (χ1) is 10.8. The number of nitrogens with one attached hydrogen (secondary N) is 1. The molecule has 22 heavy (non-hydrogen) atoms. The first-order valence-corrected chi connectivity index (χ1v) is 7.96. The Kier molecular flexibility index (Phi) is 7.70. The number of alkyl halides is 2. The maximum Gasteiger partial charge on any atom is 0.261 e. The van der Waals surface area contributed by atoms with E-state index in [1.165, 1.54) is 0 Å². The highest BCUT2D eigenvalue weighted by Gasteiger charge is 2.20. The first-order valence-electron chi connectivity index (χ1n) is 7.96. The molecule has 2 heterocycles. The van der Waals surface area contributed by atoms with Gasteiger partial charge in [-0.3, -0.25) is 9.88 Å². The quantitative estimate of drug-likeness (QED) is 0.747. The standard InChI is InChI=1S/C16H25F2N3O/c17-16(18)13-22-11-10-21(12-14-4-1-2-8-20-14)15-5-3-7-19-9-6-15/h1-2,4,8,15-16,19H,3,5-7,9-13H2. The summed E-state index contributed by atoms with van der Waals surface area (Å²) < 4.78 is 29.4. The number of hydrogen-bond acceptors (Lipinski definition) is 4. The molecule has 0 aliphatic carbocycles. The van der Waals surface area contributed by atoms with Crippen molar-refractivity contribution >= 4 is 0 Å². The molecule has 1 saturated heterocycles. The Balaban J connectivity index is 1.90. The lowest BCUT2D eigenvalue weighted by Gasteiger charge is -2.30. The van der Waals surface area contributed by atoms with E-state index in [0.717, 1.165) is 44.6 Å². The summed E-state index contributed by atoms with van der Waals surface area (Å²) in [6.07, 6.45) is 2.72. The van der Waals surface area contributed by atoms with Crippen molar-refractivity contribution in [3.8, 4) is 0 Å². The third-order valence-corrected chi connectivity index (χ3v) is 3.92. The van der Waals surface area contributed by atoms with Gasteiger partial charge in [0, 0.05) is 25.3 Å². The van der Waals surface area contributed by atoms with Crippen LogP contribution >= 0.6 is 0 Å². The number of hydrogen-bond donors (Lipinski definition) is 1. The van der Waals surface area contributed by atoms with Crippen molar-refractivity contribution in [2.75, 3.05) is 32.8 Å². The number of ether oxygens (including phenoxy) is 1. The minimum atomic E-state index is -2.40. The third-order valence-electron chi connectivity index (χ3n) is 3.92. The molecule has 0 aromatic carbocycles. The van der Waals surface area contributed by atoms with Gasteiger partial charge in [0.15, 0.2) is 0 Å². The zero-order chi connectivity index (χ0) is 15.6. The van der Waals surface area contributed by atoms with Crippen LogP contribution < -0.4 is 5.32 Å². The molecular formula is C16H25F2N3O. The lowest BCUT2D eigenvalue weighted by atomic mass is 10.1. The first kappa shape index (κ1) is 17.2. The highest BCUT2D eigenvalue weighted by Crippen LogP contribution is 2.16. The summed E-state index contributed by atoms with van der Waals surface area (Å²) in [6.45, 7) is 3.30. The minimum Gasteiger partial charge on any atom is -0.374 e. The highest BCUT2D eigenvalue weighted by atomic mass is 19.3. The van der Waals surface area contributed by atoms with E-state index in [4.69, 9.17) is 4.74 Å². The molecule has 1 aliphatic rings. The Morgan fingerprint density at radius 1 is 1.32 bits per heavy atom. The Labute approximate surface area is 130 Å². The summed E-state index contributed by atoms with van der Waals surface area (Å²) in [5, 5.41) is 3.41. The second-order valence-electron chi connectivity index (χ2n) is 5.59. The highest BCUT2D eigenvalue weighted by molar-refractivity contribution is 5.03. The van der Waals surface area contributed by atoms with Crippen LogP contribution in [0.1, 0.15) is 25.0 Å². The second-order valence-corrected chi connectivity index (χ2v) is 5.59. The Hall–Kier alpha value is -1.11. The normalized spacial score (nSPS) is 19.5. The summed E-state index contributed by atoms with van der Waals surface area (Å²) in [5.41, 5.74) is 1.01. The lowest BCUT2D eigenvalue weighted by Crippen LogP contribution is -2.38. The van der Waals surface area contributed by atoms with E-state index >= 15 is 0 Å². The van der Waals surface area contributed by atoms with Gasteiger partial charge in [-0.15, -0.1) is 0 Å². The molecule has 1 unspecified atom stereocenters. The lowest BCUT2D eigenvalue weighted by molar-refractivity contribution is 0.00394. The van der Waals surface area contributed by atoms with Crippen LogP contribution in [0.25, 0.3) is 0 Å². The van der Waals surface area contributed by atoms with Gasteiger partial charge in [0.05, 0.1) is 12.3 Å². The predicted octanol–water partition coefficient (Wildman–Crippen LogP) is 2.31. The van der Waals surface area contributed by atoms with E-state index in [1.54, 1.807) is 6.20 Å². The van der Waals surface area contributed by atoms with Crippen LogP contribution in [0.3, 0.4) is 0 Å². The van der Waals surface area contributed by atoms with Crippen LogP contribution in [-0.4, -0.2) is 55.2 Å². The van der Waals surface area contributed by atoms with Crippen LogP contribution in [0.2, 0.25) is 0 Å². The van der Waals surface area contributed by atoms with Crippen molar-refractivity contribution in [2.24, 2.45) is 0 Å². The SMILES string of the molecule is FC(F)COCCN(Cc1ccccn1)C1CCCNCC1. The van der Waals surface area contributed by atoms with Crippen molar-refractivity contribution in [1.82, 2.24) is 15.2 Å². The summed E-state index contributed by atoms with van der Waals surface area (Å²) in [5.74, 6) is 0. The molecule has 1 aromatic rings. The predicted molar refractivity (Wildman–Crippen MR) is 82.0 cm³/mol. The van der Waals surface area contributed by atoms with E-state index < -0.39 is 13.0 Å². The van der Waals surface area contributed by atoms with Gasteiger partial charge in [-0.2, -0.15) is 0 Å². The Morgan fingerprint density at radius 3 is 3.00 bits per heavy atom. The topological polar surface area (TPSA) is 37.4 Å². The van der Waals surface area contributed by atoms with Gasteiger partial charge < -0.3 is 10.1 Å². The van der Waals surface area contributed by atoms with Gasteiger partial charge >= 0.3 is 0 Å². The molecule has 0 saturated carbocycles. The van der Waals surface area contributed by atoms with Crippen molar-refractivity contribution in [2.45, 2.75) is 38.3 Å². The van der Waals surface area contributed by atoms with Crippen LogP contribution in [0.4, 0.5) is 8.78 Å². The maximum atomic E-state index is 12.2. The van der Waals surface area contributed by atoms with Gasteiger partial charge in [-0.05, 0) is 44.5 Å². The van der Waals surface area contributed by atoms with E-state index in [2.05, 4.69) is 15.2 Å². The van der Waals surface area contributed by atoms with Crippen molar-refractivity contribution in [1.29, 1.82) is 0 Å². The van der Waals surface area contributed by atoms with Crippen molar-refractivity contribution in [3.63, 3.8) is 0 Å². The Bertz CT molecular complexity index is 398. The smallest absolute Gasteiger partial charge is 0.261 e. The summed E-state index contributed by atoms with van der Waals surface area (Å²) in [4.78, 5) is 6.70. The third kappa shape index (κ3) is 6.34. The molecular weight excluding hydrogens is 288 g/mol. The van der Waals surface area contributed by atoms with Crippen LogP contribution in [0.5, 0.6) is 0 Å². The molecule has 0 amide bonds. The molecule has 124 valence electrons. The van der Waals surface area contributed by atoms with Crippen LogP contribution in [-0.2, 0) is 11.3 Å². The van der Waals surface area contributed by atoms with E-state index in [0.29, 0.717) is 19.2 Å². The molecule has 1 fully saturated rings. The molecule has 4 nitrogen and oxygen atoms in total. The fourth-order valence-electron chi connectivity index (χ4n) is 2.81.